The molecule has 21 heavy (non-hydrogen) atoms. The summed E-state index contributed by atoms with van der Waals surface area (Å²) >= 11 is 0. The van der Waals surface area contributed by atoms with Crippen LogP contribution in [0.25, 0.3) is 21.8 Å². The van der Waals surface area contributed by atoms with E-state index in [-0.39, 0.29) is 5.91 Å². The fraction of sp³-hybridized carbons (Fsp3) is 0. The highest BCUT2D eigenvalue weighted by Crippen LogP contribution is 2.19. The van der Waals surface area contributed by atoms with E-state index in [4.69, 9.17) is 0 Å². The van der Waals surface area contributed by atoms with Crippen LogP contribution >= 0.6 is 0 Å². The molecule has 0 saturated heterocycles. The van der Waals surface area contributed by atoms with Gasteiger partial charge in [-0.15, -0.1) is 0 Å². The molecule has 2 heterocycles. The van der Waals surface area contributed by atoms with Crippen molar-refractivity contribution in [2.24, 2.45) is 0 Å². The number of carbonyl (C=O) groups excluding carboxylic acids is 1. The summed E-state index contributed by atoms with van der Waals surface area (Å²) in [6.45, 7) is 0. The van der Waals surface area contributed by atoms with Crippen molar-refractivity contribution in [2.75, 3.05) is 5.32 Å². The van der Waals surface area contributed by atoms with Gasteiger partial charge in [-0.2, -0.15) is 5.10 Å². The third kappa shape index (κ3) is 2.04. The van der Waals surface area contributed by atoms with Gasteiger partial charge in [0.05, 0.1) is 11.7 Å². The lowest BCUT2D eigenvalue weighted by molar-refractivity contribution is 0.102. The summed E-state index contributed by atoms with van der Waals surface area (Å²) in [4.78, 5) is 15.4. The van der Waals surface area contributed by atoms with E-state index in [2.05, 4.69) is 20.5 Å². The number of anilines is 1. The van der Waals surface area contributed by atoms with Crippen molar-refractivity contribution in [1.29, 1.82) is 0 Å². The number of amides is 1. The summed E-state index contributed by atoms with van der Waals surface area (Å²) in [6, 6.07) is 13.2. The second-order valence-corrected chi connectivity index (χ2v) is 4.91. The van der Waals surface area contributed by atoms with E-state index >= 15 is 0 Å². The molecule has 0 aliphatic rings. The first-order valence-corrected chi connectivity index (χ1v) is 6.61. The lowest BCUT2D eigenvalue weighted by Crippen LogP contribution is -2.11. The number of benzene rings is 2. The Morgan fingerprint density at radius 2 is 1.95 bits per heavy atom. The van der Waals surface area contributed by atoms with Crippen molar-refractivity contribution in [3.05, 3.63) is 60.4 Å². The van der Waals surface area contributed by atoms with Crippen molar-refractivity contribution in [3.63, 3.8) is 0 Å². The fourth-order valence-corrected chi connectivity index (χ4v) is 2.41. The highest BCUT2D eigenvalue weighted by atomic mass is 16.1. The monoisotopic (exact) mass is 276 g/mol. The second-order valence-electron chi connectivity index (χ2n) is 4.91. The molecule has 4 aromatic rings. The van der Waals surface area contributed by atoms with Crippen molar-refractivity contribution < 1.29 is 4.79 Å². The Hall–Kier alpha value is -3.08. The molecule has 3 N–H and O–H groups in total. The van der Waals surface area contributed by atoms with Crippen molar-refractivity contribution in [2.45, 2.75) is 0 Å². The SMILES string of the molecule is O=C(Nc1ccc2[nH]ccc2c1)c1ccc2cn[nH]c2c1. The number of H-pyrrole nitrogens is 2. The summed E-state index contributed by atoms with van der Waals surface area (Å²) < 4.78 is 0. The van der Waals surface area contributed by atoms with Crippen LogP contribution < -0.4 is 5.32 Å². The summed E-state index contributed by atoms with van der Waals surface area (Å²) in [5.74, 6) is -0.138. The molecule has 0 aliphatic heterocycles. The molecule has 0 unspecified atom stereocenters. The van der Waals surface area contributed by atoms with E-state index in [9.17, 15) is 4.79 Å². The van der Waals surface area contributed by atoms with Crippen LogP contribution in [-0.4, -0.2) is 21.1 Å². The Morgan fingerprint density at radius 1 is 1.00 bits per heavy atom. The molecular weight excluding hydrogens is 264 g/mol. The predicted molar refractivity (Wildman–Crippen MR) is 82.3 cm³/mol. The molecule has 0 bridgehead atoms. The highest BCUT2D eigenvalue weighted by Gasteiger charge is 2.08. The molecule has 5 nitrogen and oxygen atoms in total. The zero-order valence-electron chi connectivity index (χ0n) is 11.1. The van der Waals surface area contributed by atoms with Gasteiger partial charge in [0.25, 0.3) is 5.91 Å². The molecule has 5 heteroatoms. The van der Waals surface area contributed by atoms with Crippen LogP contribution in [0.2, 0.25) is 0 Å². The Balaban J connectivity index is 1.64. The van der Waals surface area contributed by atoms with Gasteiger partial charge in [-0.25, -0.2) is 0 Å². The fourth-order valence-electron chi connectivity index (χ4n) is 2.41. The van der Waals surface area contributed by atoms with Crippen LogP contribution in [0.3, 0.4) is 0 Å². The van der Waals surface area contributed by atoms with Gasteiger partial charge in [-0.1, -0.05) is 6.07 Å². The molecule has 0 atom stereocenters. The smallest absolute Gasteiger partial charge is 0.255 e. The molecule has 0 aliphatic carbocycles. The number of rotatable bonds is 2. The van der Waals surface area contributed by atoms with Gasteiger partial charge >= 0.3 is 0 Å². The second kappa shape index (κ2) is 4.49. The maximum atomic E-state index is 12.3. The first-order valence-electron chi connectivity index (χ1n) is 6.61. The molecule has 0 fully saturated rings. The summed E-state index contributed by atoms with van der Waals surface area (Å²) in [5, 5.41) is 11.8. The van der Waals surface area contributed by atoms with E-state index in [0.29, 0.717) is 5.56 Å². The quantitative estimate of drug-likeness (QED) is 0.525. The largest absolute Gasteiger partial charge is 0.361 e. The van der Waals surface area contributed by atoms with Crippen LogP contribution in [-0.2, 0) is 0 Å². The normalized spacial score (nSPS) is 11.0. The van der Waals surface area contributed by atoms with Gasteiger partial charge in [0.2, 0.25) is 0 Å². The minimum absolute atomic E-state index is 0.138. The summed E-state index contributed by atoms with van der Waals surface area (Å²) in [6.07, 6.45) is 3.61. The Bertz CT molecular complexity index is 951. The first-order chi connectivity index (χ1) is 10.3. The molecule has 4 rings (SSSR count). The van der Waals surface area contributed by atoms with E-state index in [1.807, 2.05) is 36.5 Å². The number of nitrogens with one attached hydrogen (secondary N) is 3. The molecule has 2 aromatic heterocycles. The minimum atomic E-state index is -0.138. The first kappa shape index (κ1) is 11.7. The Morgan fingerprint density at radius 3 is 2.90 bits per heavy atom. The number of hydrogen-bond acceptors (Lipinski definition) is 2. The molecule has 0 spiro atoms. The molecule has 0 radical (unpaired) electrons. The average Bonchev–Trinajstić information content (AvgIpc) is 3.14. The van der Waals surface area contributed by atoms with Crippen molar-refractivity contribution in [1.82, 2.24) is 15.2 Å². The number of aromatic nitrogens is 3. The molecule has 102 valence electrons. The molecule has 0 saturated carbocycles. The Kier molecular flexibility index (Phi) is 2.50. The van der Waals surface area contributed by atoms with E-state index < -0.39 is 0 Å². The number of aromatic amines is 2. The molecular formula is C16H12N4O. The van der Waals surface area contributed by atoms with Crippen LogP contribution in [0.4, 0.5) is 5.69 Å². The van der Waals surface area contributed by atoms with E-state index in [0.717, 1.165) is 27.5 Å². The standard InChI is InChI=1S/C16H12N4O/c21-16(11-1-2-12-9-18-20-15(12)8-11)19-13-3-4-14-10(7-13)5-6-17-14/h1-9,17H,(H,18,20)(H,19,21). The minimum Gasteiger partial charge on any atom is -0.361 e. The van der Waals surface area contributed by atoms with Crippen LogP contribution in [0, 0.1) is 0 Å². The third-order valence-electron chi connectivity index (χ3n) is 3.52. The lowest BCUT2D eigenvalue weighted by atomic mass is 10.1. The topological polar surface area (TPSA) is 73.6 Å². The van der Waals surface area contributed by atoms with Gasteiger partial charge in [-0.3, -0.25) is 9.89 Å². The van der Waals surface area contributed by atoms with Gasteiger partial charge in [-0.05, 0) is 36.4 Å². The van der Waals surface area contributed by atoms with Crippen molar-refractivity contribution >= 4 is 33.4 Å². The average molecular weight is 276 g/mol. The van der Waals surface area contributed by atoms with Crippen molar-refractivity contribution in [3.8, 4) is 0 Å². The zero-order chi connectivity index (χ0) is 14.2. The predicted octanol–water partition coefficient (Wildman–Crippen LogP) is 3.30. The third-order valence-corrected chi connectivity index (χ3v) is 3.52. The van der Waals surface area contributed by atoms with Gasteiger partial charge in [0, 0.05) is 33.7 Å². The number of hydrogen-bond donors (Lipinski definition) is 3. The highest BCUT2D eigenvalue weighted by molar-refractivity contribution is 6.06. The van der Waals surface area contributed by atoms with E-state index in [1.165, 1.54) is 0 Å². The molecule has 2 aromatic carbocycles. The molecule has 1 amide bonds. The maximum absolute atomic E-state index is 12.3. The maximum Gasteiger partial charge on any atom is 0.255 e. The van der Waals surface area contributed by atoms with Crippen LogP contribution in [0.15, 0.2) is 54.9 Å². The van der Waals surface area contributed by atoms with Gasteiger partial charge in [0.15, 0.2) is 0 Å². The lowest BCUT2D eigenvalue weighted by Gasteiger charge is -2.05. The zero-order valence-corrected chi connectivity index (χ0v) is 11.1. The number of carbonyl (C=O) groups is 1. The van der Waals surface area contributed by atoms with Gasteiger partial charge in [0.1, 0.15) is 0 Å². The summed E-state index contributed by atoms with van der Waals surface area (Å²) in [5.41, 5.74) is 3.27. The van der Waals surface area contributed by atoms with E-state index in [1.54, 1.807) is 18.3 Å². The summed E-state index contributed by atoms with van der Waals surface area (Å²) in [7, 11) is 0. The van der Waals surface area contributed by atoms with Gasteiger partial charge < -0.3 is 10.3 Å². The van der Waals surface area contributed by atoms with Crippen LogP contribution in [0.5, 0.6) is 0 Å². The number of nitrogens with zero attached hydrogens (tertiary/aromatic N) is 1. The Labute approximate surface area is 120 Å². The number of fused-ring (bicyclic) bond motifs is 2. The van der Waals surface area contributed by atoms with Crippen LogP contribution in [0.1, 0.15) is 10.4 Å².